The van der Waals surface area contributed by atoms with E-state index in [9.17, 15) is 0 Å². The van der Waals surface area contributed by atoms with Crippen molar-refractivity contribution in [1.29, 1.82) is 0 Å². The Balaban J connectivity index is 1.39. The molecule has 0 unspecified atom stereocenters. The summed E-state index contributed by atoms with van der Waals surface area (Å²) >= 11 is 1.65. The monoisotopic (exact) mass is 391 g/mol. The number of thiazole rings is 1. The van der Waals surface area contributed by atoms with Crippen LogP contribution in [0.1, 0.15) is 11.3 Å². The first kappa shape index (κ1) is 17.5. The predicted molar refractivity (Wildman–Crippen MR) is 113 cm³/mol. The molecule has 6 nitrogen and oxygen atoms in total. The molecule has 0 bridgehead atoms. The van der Waals surface area contributed by atoms with Crippen LogP contribution in [-0.4, -0.2) is 46.2 Å². The average Bonchev–Trinajstić information content (AvgIpc) is 3.11. The summed E-state index contributed by atoms with van der Waals surface area (Å²) in [6.45, 7) is 6.55. The normalized spacial score (nSPS) is 15.3. The van der Waals surface area contributed by atoms with E-state index < -0.39 is 0 Å². The summed E-state index contributed by atoms with van der Waals surface area (Å²) in [5, 5.41) is 4.20. The number of aryl methyl sites for hydroxylation is 1. The summed E-state index contributed by atoms with van der Waals surface area (Å²) in [6, 6.07) is 14.4. The van der Waals surface area contributed by atoms with Crippen molar-refractivity contribution in [2.24, 2.45) is 0 Å². The zero-order chi connectivity index (χ0) is 18.9. The number of hydrogen-bond acceptors (Lipinski definition) is 7. The predicted octanol–water partition coefficient (Wildman–Crippen LogP) is 4.12. The Kier molecular flexibility index (Phi) is 4.64. The third kappa shape index (κ3) is 3.56. The SMILES string of the molecule is Cc1nc2ccccc2nc1Nc1nc2ccc(CN3CCOCC3)cc2s1. The fourth-order valence-electron chi connectivity index (χ4n) is 3.45. The van der Waals surface area contributed by atoms with Gasteiger partial charge in [0.1, 0.15) is 0 Å². The van der Waals surface area contributed by atoms with Gasteiger partial charge in [0.15, 0.2) is 10.9 Å². The Morgan fingerprint density at radius 1 is 1.00 bits per heavy atom. The van der Waals surface area contributed by atoms with Gasteiger partial charge in [0.2, 0.25) is 0 Å². The molecule has 1 fully saturated rings. The molecule has 2 aromatic carbocycles. The highest BCUT2D eigenvalue weighted by Crippen LogP contribution is 2.30. The number of morpholine rings is 1. The minimum absolute atomic E-state index is 0.756. The van der Waals surface area contributed by atoms with Crippen molar-refractivity contribution in [1.82, 2.24) is 19.9 Å². The Hall–Kier alpha value is -2.61. The van der Waals surface area contributed by atoms with Crippen LogP contribution >= 0.6 is 11.3 Å². The number of hydrogen-bond donors (Lipinski definition) is 1. The third-order valence-corrected chi connectivity index (χ3v) is 5.87. The summed E-state index contributed by atoms with van der Waals surface area (Å²) in [6.07, 6.45) is 0. The lowest BCUT2D eigenvalue weighted by Crippen LogP contribution is -2.35. The van der Waals surface area contributed by atoms with Gasteiger partial charge in [-0.3, -0.25) is 4.90 Å². The van der Waals surface area contributed by atoms with E-state index in [1.807, 2.05) is 31.2 Å². The Morgan fingerprint density at radius 2 is 1.79 bits per heavy atom. The molecule has 3 heterocycles. The van der Waals surface area contributed by atoms with Crippen molar-refractivity contribution < 1.29 is 4.74 Å². The molecule has 4 aromatic rings. The molecule has 1 aliphatic rings. The highest BCUT2D eigenvalue weighted by atomic mass is 32.1. The highest BCUT2D eigenvalue weighted by Gasteiger charge is 2.13. The van der Waals surface area contributed by atoms with Gasteiger partial charge < -0.3 is 10.1 Å². The summed E-state index contributed by atoms with van der Waals surface area (Å²) in [5.41, 5.74) is 4.97. The molecule has 0 radical (unpaired) electrons. The number of fused-ring (bicyclic) bond motifs is 2. The second-order valence-electron chi connectivity index (χ2n) is 6.98. The number of nitrogens with zero attached hydrogens (tertiary/aromatic N) is 4. The van der Waals surface area contributed by atoms with Crippen molar-refractivity contribution in [3.63, 3.8) is 0 Å². The molecule has 0 atom stereocenters. The first-order chi connectivity index (χ1) is 13.7. The lowest BCUT2D eigenvalue weighted by molar-refractivity contribution is 0.0342. The zero-order valence-electron chi connectivity index (χ0n) is 15.7. The molecule has 28 heavy (non-hydrogen) atoms. The molecule has 1 N–H and O–H groups in total. The molecule has 0 spiro atoms. The number of rotatable bonds is 4. The lowest BCUT2D eigenvalue weighted by Gasteiger charge is -2.26. The van der Waals surface area contributed by atoms with Crippen molar-refractivity contribution in [3.05, 3.63) is 53.7 Å². The van der Waals surface area contributed by atoms with Crippen LogP contribution in [0.4, 0.5) is 10.9 Å². The molecular weight excluding hydrogens is 370 g/mol. The number of ether oxygens (including phenoxy) is 1. The molecule has 1 saturated heterocycles. The van der Waals surface area contributed by atoms with E-state index in [1.54, 1.807) is 11.3 Å². The Morgan fingerprint density at radius 3 is 2.61 bits per heavy atom. The van der Waals surface area contributed by atoms with Gasteiger partial charge in [0, 0.05) is 19.6 Å². The van der Waals surface area contributed by atoms with Crippen LogP contribution in [0.5, 0.6) is 0 Å². The Labute approximate surface area is 167 Å². The van der Waals surface area contributed by atoms with E-state index >= 15 is 0 Å². The zero-order valence-corrected chi connectivity index (χ0v) is 16.5. The molecular formula is C21H21N5OS. The van der Waals surface area contributed by atoms with Crippen molar-refractivity contribution in [3.8, 4) is 0 Å². The molecule has 0 aliphatic carbocycles. The summed E-state index contributed by atoms with van der Waals surface area (Å²) in [4.78, 5) is 16.5. The van der Waals surface area contributed by atoms with Crippen LogP contribution in [0.2, 0.25) is 0 Å². The van der Waals surface area contributed by atoms with Crippen LogP contribution in [-0.2, 0) is 11.3 Å². The van der Waals surface area contributed by atoms with E-state index in [-0.39, 0.29) is 0 Å². The van der Waals surface area contributed by atoms with E-state index in [2.05, 4.69) is 33.4 Å². The standard InChI is InChI=1S/C21H21N5OS/c1-14-20(23-17-5-3-2-4-16(17)22-14)25-21-24-18-7-6-15(12-19(18)28-21)13-26-8-10-27-11-9-26/h2-7,12H,8-11,13H2,1H3,(H,23,24,25). The van der Waals surface area contributed by atoms with Crippen molar-refractivity contribution in [2.45, 2.75) is 13.5 Å². The minimum atomic E-state index is 0.756. The molecule has 1 aliphatic heterocycles. The summed E-state index contributed by atoms with van der Waals surface area (Å²) < 4.78 is 6.62. The van der Waals surface area contributed by atoms with Crippen LogP contribution in [0.15, 0.2) is 42.5 Å². The number of benzene rings is 2. The molecule has 0 amide bonds. The third-order valence-electron chi connectivity index (χ3n) is 4.93. The lowest BCUT2D eigenvalue weighted by atomic mass is 10.2. The van der Waals surface area contributed by atoms with Crippen LogP contribution in [0.25, 0.3) is 21.3 Å². The molecule has 0 saturated carbocycles. The maximum Gasteiger partial charge on any atom is 0.189 e. The van der Waals surface area contributed by atoms with E-state index in [4.69, 9.17) is 14.7 Å². The van der Waals surface area contributed by atoms with E-state index in [0.29, 0.717) is 0 Å². The number of nitrogens with one attached hydrogen (secondary N) is 1. The van der Waals surface area contributed by atoms with Crippen LogP contribution in [0, 0.1) is 6.92 Å². The van der Waals surface area contributed by atoms with Crippen molar-refractivity contribution in [2.75, 3.05) is 31.6 Å². The first-order valence-electron chi connectivity index (χ1n) is 9.44. The van der Waals surface area contributed by atoms with Gasteiger partial charge in [0.25, 0.3) is 0 Å². The smallest absolute Gasteiger partial charge is 0.189 e. The summed E-state index contributed by atoms with van der Waals surface area (Å²) in [7, 11) is 0. The number of anilines is 2. The quantitative estimate of drug-likeness (QED) is 0.564. The van der Waals surface area contributed by atoms with Crippen LogP contribution < -0.4 is 5.32 Å². The number of aromatic nitrogens is 3. The van der Waals surface area contributed by atoms with Gasteiger partial charge in [-0.25, -0.2) is 15.0 Å². The van der Waals surface area contributed by atoms with Gasteiger partial charge in [-0.05, 0) is 36.8 Å². The average molecular weight is 392 g/mol. The van der Waals surface area contributed by atoms with Crippen LogP contribution in [0.3, 0.4) is 0 Å². The molecule has 5 rings (SSSR count). The fraction of sp³-hybridized carbons (Fsp3) is 0.286. The highest BCUT2D eigenvalue weighted by molar-refractivity contribution is 7.22. The maximum atomic E-state index is 5.44. The fourth-order valence-corrected chi connectivity index (χ4v) is 4.37. The van der Waals surface area contributed by atoms with Crippen molar-refractivity contribution >= 4 is 43.5 Å². The molecule has 2 aromatic heterocycles. The van der Waals surface area contributed by atoms with E-state index in [0.717, 1.165) is 66.0 Å². The topological polar surface area (TPSA) is 63.2 Å². The largest absolute Gasteiger partial charge is 0.379 e. The van der Waals surface area contributed by atoms with Gasteiger partial charge in [-0.15, -0.1) is 0 Å². The first-order valence-corrected chi connectivity index (χ1v) is 10.3. The summed E-state index contributed by atoms with van der Waals surface area (Å²) in [5.74, 6) is 0.756. The van der Waals surface area contributed by atoms with Gasteiger partial charge in [-0.1, -0.05) is 29.5 Å². The van der Waals surface area contributed by atoms with Gasteiger partial charge in [0.05, 0.1) is 40.2 Å². The molecule has 142 valence electrons. The maximum absolute atomic E-state index is 5.44. The molecule has 7 heteroatoms. The van der Waals surface area contributed by atoms with Gasteiger partial charge in [-0.2, -0.15) is 0 Å². The minimum Gasteiger partial charge on any atom is -0.379 e. The Bertz CT molecular complexity index is 1140. The van der Waals surface area contributed by atoms with E-state index in [1.165, 1.54) is 10.3 Å². The number of para-hydroxylation sites is 2. The second kappa shape index (κ2) is 7.43. The van der Waals surface area contributed by atoms with Gasteiger partial charge >= 0.3 is 0 Å². The second-order valence-corrected chi connectivity index (χ2v) is 8.01.